The van der Waals surface area contributed by atoms with Crippen LogP contribution >= 0.6 is 0 Å². The summed E-state index contributed by atoms with van der Waals surface area (Å²) in [5.41, 5.74) is 9.44. The number of aromatic nitrogens is 5. The molecular weight excluding hydrogens is 228 g/mol. The van der Waals surface area contributed by atoms with E-state index in [1.165, 1.54) is 6.33 Å². The standard InChI is InChI=1S/C12H12N6/c1-8-4-10-11(15-5-8)18(12(13)17-10)6-9-2-3-14-7-16-9/h2-5,7H,6H2,1H3,(H2,13,17). The fourth-order valence-electron chi connectivity index (χ4n) is 1.86. The zero-order valence-electron chi connectivity index (χ0n) is 9.91. The van der Waals surface area contributed by atoms with Crippen molar-refractivity contribution in [1.82, 2.24) is 24.5 Å². The van der Waals surface area contributed by atoms with E-state index < -0.39 is 0 Å². The van der Waals surface area contributed by atoms with Crippen molar-refractivity contribution in [3.63, 3.8) is 0 Å². The molecule has 0 unspecified atom stereocenters. The molecule has 3 aromatic rings. The Kier molecular flexibility index (Phi) is 2.40. The van der Waals surface area contributed by atoms with Gasteiger partial charge in [-0.25, -0.2) is 19.9 Å². The first-order valence-corrected chi connectivity index (χ1v) is 5.57. The molecule has 0 spiro atoms. The van der Waals surface area contributed by atoms with Gasteiger partial charge in [0.2, 0.25) is 5.95 Å². The van der Waals surface area contributed by atoms with Crippen LogP contribution in [0.4, 0.5) is 5.95 Å². The van der Waals surface area contributed by atoms with Crippen molar-refractivity contribution in [2.45, 2.75) is 13.5 Å². The van der Waals surface area contributed by atoms with Gasteiger partial charge in [0.15, 0.2) is 5.65 Å². The van der Waals surface area contributed by atoms with Crippen LogP contribution in [0.1, 0.15) is 11.3 Å². The molecule has 90 valence electrons. The maximum absolute atomic E-state index is 5.92. The van der Waals surface area contributed by atoms with Crippen molar-refractivity contribution in [1.29, 1.82) is 0 Å². The van der Waals surface area contributed by atoms with Gasteiger partial charge in [-0.1, -0.05) is 0 Å². The maximum Gasteiger partial charge on any atom is 0.202 e. The lowest BCUT2D eigenvalue weighted by Crippen LogP contribution is -2.06. The Morgan fingerprint density at radius 3 is 3.00 bits per heavy atom. The van der Waals surface area contributed by atoms with Crippen LogP contribution in [-0.2, 0) is 6.54 Å². The fourth-order valence-corrected chi connectivity index (χ4v) is 1.86. The Morgan fingerprint density at radius 2 is 2.22 bits per heavy atom. The van der Waals surface area contributed by atoms with E-state index in [1.54, 1.807) is 12.4 Å². The average molecular weight is 240 g/mol. The smallest absolute Gasteiger partial charge is 0.202 e. The number of hydrogen-bond acceptors (Lipinski definition) is 5. The number of imidazole rings is 1. The number of nitrogen functional groups attached to an aromatic ring is 1. The summed E-state index contributed by atoms with van der Waals surface area (Å²) >= 11 is 0. The fraction of sp³-hybridized carbons (Fsp3) is 0.167. The van der Waals surface area contributed by atoms with Gasteiger partial charge in [-0.05, 0) is 24.6 Å². The minimum Gasteiger partial charge on any atom is -0.369 e. The van der Waals surface area contributed by atoms with Gasteiger partial charge in [0.25, 0.3) is 0 Å². The van der Waals surface area contributed by atoms with Crippen LogP contribution in [0, 0.1) is 6.92 Å². The molecule has 0 aliphatic rings. The minimum absolute atomic E-state index is 0.446. The molecule has 3 heterocycles. The molecule has 6 nitrogen and oxygen atoms in total. The van der Waals surface area contributed by atoms with E-state index in [0.29, 0.717) is 12.5 Å². The second-order valence-electron chi connectivity index (χ2n) is 4.11. The Balaban J connectivity index is 2.09. The molecule has 0 fully saturated rings. The summed E-state index contributed by atoms with van der Waals surface area (Å²) in [7, 11) is 0. The highest BCUT2D eigenvalue weighted by Gasteiger charge is 2.10. The molecule has 0 aliphatic heterocycles. The predicted molar refractivity (Wildman–Crippen MR) is 67.8 cm³/mol. The molecular formula is C12H12N6. The number of hydrogen-bond donors (Lipinski definition) is 1. The molecule has 3 aromatic heterocycles. The van der Waals surface area contributed by atoms with E-state index in [-0.39, 0.29) is 0 Å². The zero-order valence-corrected chi connectivity index (χ0v) is 9.91. The van der Waals surface area contributed by atoms with Crippen LogP contribution in [0.2, 0.25) is 0 Å². The van der Waals surface area contributed by atoms with Crippen molar-refractivity contribution < 1.29 is 0 Å². The number of rotatable bonds is 2. The Labute approximate surface area is 104 Å². The third kappa shape index (κ3) is 1.77. The van der Waals surface area contributed by atoms with Crippen LogP contribution < -0.4 is 5.73 Å². The lowest BCUT2D eigenvalue weighted by atomic mass is 10.3. The first kappa shape index (κ1) is 10.6. The monoisotopic (exact) mass is 240 g/mol. The van der Waals surface area contributed by atoms with E-state index in [0.717, 1.165) is 22.4 Å². The lowest BCUT2D eigenvalue weighted by Gasteiger charge is -2.04. The van der Waals surface area contributed by atoms with E-state index >= 15 is 0 Å². The van der Waals surface area contributed by atoms with Gasteiger partial charge in [0.05, 0.1) is 12.2 Å². The second kappa shape index (κ2) is 4.06. The highest BCUT2D eigenvalue weighted by atomic mass is 15.2. The highest BCUT2D eigenvalue weighted by Crippen LogP contribution is 2.17. The number of pyridine rings is 1. The van der Waals surface area contributed by atoms with Crippen molar-refractivity contribution in [2.75, 3.05) is 5.73 Å². The van der Waals surface area contributed by atoms with E-state index in [9.17, 15) is 0 Å². The molecule has 0 aliphatic carbocycles. The average Bonchev–Trinajstić information content (AvgIpc) is 2.66. The third-order valence-corrected chi connectivity index (χ3v) is 2.71. The summed E-state index contributed by atoms with van der Waals surface area (Å²) < 4.78 is 1.84. The van der Waals surface area contributed by atoms with Gasteiger partial charge < -0.3 is 5.73 Å². The predicted octanol–water partition coefficient (Wildman–Crippen LogP) is 1.16. The highest BCUT2D eigenvalue weighted by molar-refractivity contribution is 5.74. The number of fused-ring (bicyclic) bond motifs is 1. The van der Waals surface area contributed by atoms with Gasteiger partial charge in [-0.15, -0.1) is 0 Å². The van der Waals surface area contributed by atoms with E-state index in [4.69, 9.17) is 5.73 Å². The van der Waals surface area contributed by atoms with Gasteiger partial charge in [0, 0.05) is 12.4 Å². The van der Waals surface area contributed by atoms with Crippen molar-refractivity contribution in [3.05, 3.63) is 42.1 Å². The van der Waals surface area contributed by atoms with Crippen molar-refractivity contribution in [2.24, 2.45) is 0 Å². The molecule has 0 atom stereocenters. The molecule has 0 radical (unpaired) electrons. The first-order valence-electron chi connectivity index (χ1n) is 5.57. The summed E-state index contributed by atoms with van der Waals surface area (Å²) in [6, 6.07) is 3.81. The minimum atomic E-state index is 0.446. The summed E-state index contributed by atoms with van der Waals surface area (Å²) in [5.74, 6) is 0.446. The van der Waals surface area contributed by atoms with Gasteiger partial charge >= 0.3 is 0 Å². The summed E-state index contributed by atoms with van der Waals surface area (Å²) in [6.07, 6.45) is 5.03. The molecule has 0 saturated carbocycles. The van der Waals surface area contributed by atoms with Crippen LogP contribution in [0.5, 0.6) is 0 Å². The quantitative estimate of drug-likeness (QED) is 0.726. The van der Waals surface area contributed by atoms with E-state index in [2.05, 4.69) is 19.9 Å². The number of anilines is 1. The molecule has 0 saturated heterocycles. The normalized spacial score (nSPS) is 10.9. The second-order valence-corrected chi connectivity index (χ2v) is 4.11. The van der Waals surface area contributed by atoms with Crippen LogP contribution in [0.3, 0.4) is 0 Å². The van der Waals surface area contributed by atoms with Gasteiger partial charge in [-0.2, -0.15) is 0 Å². The van der Waals surface area contributed by atoms with Crippen LogP contribution in [0.25, 0.3) is 11.2 Å². The maximum atomic E-state index is 5.92. The molecule has 2 N–H and O–H groups in total. The van der Waals surface area contributed by atoms with Crippen molar-refractivity contribution >= 4 is 17.1 Å². The Hall–Kier alpha value is -2.50. The van der Waals surface area contributed by atoms with Crippen molar-refractivity contribution in [3.8, 4) is 0 Å². The summed E-state index contributed by atoms with van der Waals surface area (Å²) in [6.45, 7) is 2.52. The molecule has 0 amide bonds. The molecule has 0 aromatic carbocycles. The number of nitrogens with two attached hydrogens (primary N) is 1. The first-order chi connectivity index (χ1) is 8.74. The Morgan fingerprint density at radius 1 is 1.33 bits per heavy atom. The summed E-state index contributed by atoms with van der Waals surface area (Å²) in [4.78, 5) is 16.7. The summed E-state index contributed by atoms with van der Waals surface area (Å²) in [5, 5.41) is 0. The Bertz CT molecular complexity index is 688. The molecule has 6 heteroatoms. The van der Waals surface area contributed by atoms with Gasteiger partial charge in [0.1, 0.15) is 11.8 Å². The lowest BCUT2D eigenvalue weighted by molar-refractivity contribution is 0.795. The zero-order chi connectivity index (χ0) is 12.5. The molecule has 18 heavy (non-hydrogen) atoms. The number of aryl methyl sites for hydroxylation is 1. The number of nitrogens with zero attached hydrogens (tertiary/aromatic N) is 5. The van der Waals surface area contributed by atoms with E-state index in [1.807, 2.05) is 23.6 Å². The van der Waals surface area contributed by atoms with Crippen LogP contribution in [-0.4, -0.2) is 24.5 Å². The van der Waals surface area contributed by atoms with Gasteiger partial charge in [-0.3, -0.25) is 4.57 Å². The molecule has 0 bridgehead atoms. The van der Waals surface area contributed by atoms with Crippen LogP contribution in [0.15, 0.2) is 30.9 Å². The SMILES string of the molecule is Cc1cnc2c(c1)nc(N)n2Cc1ccncn1. The molecule has 3 rings (SSSR count). The largest absolute Gasteiger partial charge is 0.369 e. The topological polar surface area (TPSA) is 82.5 Å². The third-order valence-electron chi connectivity index (χ3n) is 2.71.